The van der Waals surface area contributed by atoms with Crippen LogP contribution in [0.15, 0.2) is 30.5 Å². The van der Waals surface area contributed by atoms with Crippen LogP contribution in [0, 0.1) is 10.1 Å². The van der Waals surface area contributed by atoms with Crippen molar-refractivity contribution in [1.29, 1.82) is 0 Å². The zero-order valence-electron chi connectivity index (χ0n) is 11.9. The number of nitro groups is 1. The number of hydrogen-bond acceptors (Lipinski definition) is 5. The Morgan fingerprint density at radius 3 is 2.71 bits per heavy atom. The second-order valence-corrected chi connectivity index (χ2v) is 4.96. The lowest BCUT2D eigenvalue weighted by molar-refractivity contribution is -0.383. The van der Waals surface area contributed by atoms with Crippen molar-refractivity contribution < 1.29 is 14.5 Å². The highest BCUT2D eigenvalue weighted by atomic mass is 16.6. The van der Waals surface area contributed by atoms with Gasteiger partial charge < -0.3 is 10.1 Å². The monoisotopic (exact) mass is 289 g/mol. The number of ether oxygens (including phenoxy) is 1. The standard InChI is InChI=1S/C14H15N3O4/c1-14(2,21-3)13(18)16-10-6-7-11(17(19)20)12-9(10)5-4-8-15-12/h4-8H,1-3H3,(H,16,18). The Bertz CT molecular complexity index is 712. The average Bonchev–Trinajstić information content (AvgIpc) is 2.47. The van der Waals surface area contributed by atoms with Gasteiger partial charge in [0.15, 0.2) is 0 Å². The third kappa shape index (κ3) is 2.82. The molecule has 2 rings (SSSR count). The number of anilines is 1. The van der Waals surface area contributed by atoms with Gasteiger partial charge in [-0.2, -0.15) is 0 Å². The molecule has 1 aromatic carbocycles. The number of methoxy groups -OCH3 is 1. The smallest absolute Gasteiger partial charge is 0.295 e. The van der Waals surface area contributed by atoms with Crippen molar-refractivity contribution in [2.75, 3.05) is 12.4 Å². The Hall–Kier alpha value is -2.54. The van der Waals surface area contributed by atoms with Crippen LogP contribution in [0.5, 0.6) is 0 Å². The minimum Gasteiger partial charge on any atom is -0.369 e. The third-order valence-corrected chi connectivity index (χ3v) is 3.25. The second-order valence-electron chi connectivity index (χ2n) is 4.96. The minimum absolute atomic E-state index is 0.102. The Kier molecular flexibility index (Phi) is 3.86. The highest BCUT2D eigenvalue weighted by molar-refractivity contribution is 6.05. The number of non-ortho nitro benzene ring substituents is 1. The predicted octanol–water partition coefficient (Wildman–Crippen LogP) is 2.51. The molecular weight excluding hydrogens is 274 g/mol. The first kappa shape index (κ1) is 14.9. The average molecular weight is 289 g/mol. The van der Waals surface area contributed by atoms with Crippen molar-refractivity contribution in [2.24, 2.45) is 0 Å². The summed E-state index contributed by atoms with van der Waals surface area (Å²) in [5.41, 5.74) is -0.417. The Morgan fingerprint density at radius 2 is 2.10 bits per heavy atom. The summed E-state index contributed by atoms with van der Waals surface area (Å²) < 4.78 is 5.11. The van der Waals surface area contributed by atoms with Crippen molar-refractivity contribution in [3.8, 4) is 0 Å². The van der Waals surface area contributed by atoms with E-state index in [1.54, 1.807) is 26.0 Å². The van der Waals surface area contributed by atoms with Crippen molar-refractivity contribution in [1.82, 2.24) is 4.98 Å². The van der Waals surface area contributed by atoms with E-state index >= 15 is 0 Å². The number of amides is 1. The lowest BCUT2D eigenvalue weighted by Crippen LogP contribution is -2.38. The fourth-order valence-corrected chi connectivity index (χ4v) is 1.78. The second kappa shape index (κ2) is 5.45. The summed E-state index contributed by atoms with van der Waals surface area (Å²) in [6, 6.07) is 6.14. The van der Waals surface area contributed by atoms with Crippen molar-refractivity contribution in [3.05, 3.63) is 40.6 Å². The van der Waals surface area contributed by atoms with E-state index in [-0.39, 0.29) is 17.1 Å². The van der Waals surface area contributed by atoms with Crippen LogP contribution >= 0.6 is 0 Å². The van der Waals surface area contributed by atoms with E-state index in [9.17, 15) is 14.9 Å². The maximum absolute atomic E-state index is 12.1. The van der Waals surface area contributed by atoms with Crippen LogP contribution in [0.4, 0.5) is 11.4 Å². The molecule has 0 bridgehead atoms. The van der Waals surface area contributed by atoms with E-state index in [4.69, 9.17) is 4.74 Å². The summed E-state index contributed by atoms with van der Waals surface area (Å²) in [6.07, 6.45) is 1.47. The molecule has 0 unspecified atom stereocenters. The zero-order valence-corrected chi connectivity index (χ0v) is 11.9. The van der Waals surface area contributed by atoms with E-state index < -0.39 is 10.5 Å². The van der Waals surface area contributed by atoms with Gasteiger partial charge in [0.25, 0.3) is 11.6 Å². The first-order chi connectivity index (χ1) is 9.86. The van der Waals surface area contributed by atoms with E-state index in [0.29, 0.717) is 11.1 Å². The number of nitrogens with zero attached hydrogens (tertiary/aromatic N) is 2. The van der Waals surface area contributed by atoms with E-state index in [2.05, 4.69) is 10.3 Å². The largest absolute Gasteiger partial charge is 0.369 e. The molecule has 0 aliphatic heterocycles. The number of aromatic nitrogens is 1. The van der Waals surface area contributed by atoms with Crippen LogP contribution in [0.25, 0.3) is 10.9 Å². The number of rotatable bonds is 4. The van der Waals surface area contributed by atoms with Gasteiger partial charge in [0, 0.05) is 24.8 Å². The summed E-state index contributed by atoms with van der Waals surface area (Å²) in [7, 11) is 1.44. The summed E-state index contributed by atoms with van der Waals surface area (Å²) in [4.78, 5) is 26.7. The van der Waals surface area contributed by atoms with Gasteiger partial charge in [-0.25, -0.2) is 4.98 Å². The molecule has 0 saturated carbocycles. The molecule has 1 heterocycles. The van der Waals surface area contributed by atoms with Crippen LogP contribution in [0.2, 0.25) is 0 Å². The fraction of sp³-hybridized carbons (Fsp3) is 0.286. The molecule has 21 heavy (non-hydrogen) atoms. The van der Waals surface area contributed by atoms with Crippen LogP contribution in [0.1, 0.15) is 13.8 Å². The van der Waals surface area contributed by atoms with Gasteiger partial charge in [0.05, 0.1) is 10.6 Å². The Balaban J connectivity index is 2.50. The van der Waals surface area contributed by atoms with E-state index in [1.165, 1.54) is 25.4 Å². The first-order valence-electron chi connectivity index (χ1n) is 6.25. The van der Waals surface area contributed by atoms with Crippen LogP contribution in [0.3, 0.4) is 0 Å². The molecular formula is C14H15N3O4. The molecule has 0 atom stereocenters. The van der Waals surface area contributed by atoms with Gasteiger partial charge in [-0.3, -0.25) is 14.9 Å². The molecule has 0 radical (unpaired) electrons. The highest BCUT2D eigenvalue weighted by Gasteiger charge is 2.28. The summed E-state index contributed by atoms with van der Waals surface area (Å²) >= 11 is 0. The lowest BCUT2D eigenvalue weighted by Gasteiger charge is -2.22. The predicted molar refractivity (Wildman–Crippen MR) is 78.1 cm³/mol. The van der Waals surface area contributed by atoms with Gasteiger partial charge in [-0.15, -0.1) is 0 Å². The lowest BCUT2D eigenvalue weighted by atomic mass is 10.1. The van der Waals surface area contributed by atoms with Crippen molar-refractivity contribution in [2.45, 2.75) is 19.4 Å². The number of carbonyl (C=O) groups excluding carboxylic acids is 1. The normalized spacial score (nSPS) is 11.4. The SMILES string of the molecule is COC(C)(C)C(=O)Nc1ccc([N+](=O)[O-])c2ncccc12. The number of pyridine rings is 1. The van der Waals surface area contributed by atoms with Crippen molar-refractivity contribution >= 4 is 28.2 Å². The molecule has 7 heteroatoms. The van der Waals surface area contributed by atoms with E-state index in [1.807, 2.05) is 0 Å². The number of benzene rings is 1. The number of hydrogen-bond donors (Lipinski definition) is 1. The van der Waals surface area contributed by atoms with Gasteiger partial charge in [-0.05, 0) is 32.0 Å². The maximum atomic E-state index is 12.1. The summed E-state index contributed by atoms with van der Waals surface area (Å²) in [6.45, 7) is 3.27. The third-order valence-electron chi connectivity index (χ3n) is 3.25. The number of fused-ring (bicyclic) bond motifs is 1. The van der Waals surface area contributed by atoms with E-state index in [0.717, 1.165) is 0 Å². The number of nitro benzene ring substituents is 1. The molecule has 0 spiro atoms. The van der Waals surface area contributed by atoms with Gasteiger partial charge in [0.1, 0.15) is 11.1 Å². The summed E-state index contributed by atoms with van der Waals surface area (Å²) in [5, 5.41) is 14.2. The molecule has 7 nitrogen and oxygen atoms in total. The molecule has 0 fully saturated rings. The number of nitrogens with one attached hydrogen (secondary N) is 1. The molecule has 2 aromatic rings. The minimum atomic E-state index is -1.00. The molecule has 110 valence electrons. The van der Waals surface area contributed by atoms with Crippen LogP contribution in [-0.2, 0) is 9.53 Å². The molecule has 0 saturated heterocycles. The zero-order chi connectivity index (χ0) is 15.6. The van der Waals surface area contributed by atoms with Crippen LogP contribution in [-0.4, -0.2) is 28.5 Å². The molecule has 1 amide bonds. The first-order valence-corrected chi connectivity index (χ1v) is 6.25. The molecule has 1 aromatic heterocycles. The maximum Gasteiger partial charge on any atom is 0.295 e. The molecule has 0 aliphatic carbocycles. The van der Waals surface area contributed by atoms with Crippen molar-refractivity contribution in [3.63, 3.8) is 0 Å². The van der Waals surface area contributed by atoms with Gasteiger partial charge in [-0.1, -0.05) is 0 Å². The highest BCUT2D eigenvalue weighted by Crippen LogP contribution is 2.30. The quantitative estimate of drug-likeness (QED) is 0.689. The topological polar surface area (TPSA) is 94.4 Å². The Morgan fingerprint density at radius 1 is 1.38 bits per heavy atom. The summed E-state index contributed by atoms with van der Waals surface area (Å²) in [5.74, 6) is -0.344. The van der Waals surface area contributed by atoms with Crippen LogP contribution < -0.4 is 5.32 Å². The molecule has 1 N–H and O–H groups in total. The fourth-order valence-electron chi connectivity index (χ4n) is 1.78. The molecule has 0 aliphatic rings. The number of carbonyl (C=O) groups is 1. The Labute approximate surface area is 121 Å². The van der Waals surface area contributed by atoms with Gasteiger partial charge >= 0.3 is 0 Å². The van der Waals surface area contributed by atoms with Gasteiger partial charge in [0.2, 0.25) is 0 Å².